The minimum absolute atomic E-state index is 0.0644. The van der Waals surface area contributed by atoms with Crippen molar-refractivity contribution in [3.05, 3.63) is 12.7 Å². The van der Waals surface area contributed by atoms with Gasteiger partial charge in [-0.2, -0.15) is 0 Å². The Balaban J connectivity index is 1.92. The molecule has 0 aromatic carbocycles. The lowest BCUT2D eigenvalue weighted by molar-refractivity contribution is -0.133. The van der Waals surface area contributed by atoms with Gasteiger partial charge >= 0.3 is 0 Å². The maximum Gasteiger partial charge on any atom is 0.240 e. The normalized spacial score (nSPS) is 29.1. The lowest BCUT2D eigenvalue weighted by Crippen LogP contribution is -2.44. The molecule has 16 heavy (non-hydrogen) atoms. The summed E-state index contributed by atoms with van der Waals surface area (Å²) in [5.74, 6) is 0.210. The number of hydrogen-bond donors (Lipinski definition) is 1. The van der Waals surface area contributed by atoms with Gasteiger partial charge in [-0.1, -0.05) is 6.08 Å². The zero-order chi connectivity index (χ0) is 11.5. The van der Waals surface area contributed by atoms with E-state index in [0.717, 1.165) is 25.8 Å². The first-order valence-corrected chi connectivity index (χ1v) is 5.93. The first-order valence-electron chi connectivity index (χ1n) is 5.93. The van der Waals surface area contributed by atoms with Crippen LogP contribution in [0.3, 0.4) is 0 Å². The average Bonchev–Trinajstić information content (AvgIpc) is 3.02. The fraction of sp³-hybridized carbons (Fsp3) is 0.750. The van der Waals surface area contributed by atoms with E-state index in [2.05, 4.69) is 11.9 Å². The van der Waals surface area contributed by atoms with E-state index in [-0.39, 0.29) is 18.1 Å². The van der Waals surface area contributed by atoms with E-state index in [1.807, 2.05) is 4.90 Å². The second kappa shape index (κ2) is 4.97. The van der Waals surface area contributed by atoms with Crippen molar-refractivity contribution in [3.63, 3.8) is 0 Å². The quantitative estimate of drug-likeness (QED) is 0.693. The number of nitrogens with one attached hydrogen (secondary N) is 1. The van der Waals surface area contributed by atoms with Crippen molar-refractivity contribution in [2.75, 3.05) is 20.2 Å². The SMILES string of the molecule is C=CCN(C(=O)C1CC(OC)CN1)C1CC1. The summed E-state index contributed by atoms with van der Waals surface area (Å²) in [6.45, 7) is 5.16. The van der Waals surface area contributed by atoms with Gasteiger partial charge < -0.3 is 15.0 Å². The molecule has 2 fully saturated rings. The van der Waals surface area contributed by atoms with Crippen LogP contribution in [0.25, 0.3) is 0 Å². The lowest BCUT2D eigenvalue weighted by atomic mass is 10.1. The predicted molar refractivity (Wildman–Crippen MR) is 62.1 cm³/mol. The highest BCUT2D eigenvalue weighted by atomic mass is 16.5. The van der Waals surface area contributed by atoms with Crippen molar-refractivity contribution in [1.29, 1.82) is 0 Å². The molecule has 0 radical (unpaired) electrons. The van der Waals surface area contributed by atoms with E-state index >= 15 is 0 Å². The first kappa shape index (κ1) is 11.6. The maximum absolute atomic E-state index is 12.2. The van der Waals surface area contributed by atoms with E-state index in [1.165, 1.54) is 0 Å². The third kappa shape index (κ3) is 2.44. The molecule has 0 spiro atoms. The molecular formula is C12H20N2O2. The Morgan fingerprint density at radius 2 is 2.38 bits per heavy atom. The van der Waals surface area contributed by atoms with E-state index in [9.17, 15) is 4.79 Å². The molecule has 1 N–H and O–H groups in total. The molecule has 4 heteroatoms. The summed E-state index contributed by atoms with van der Waals surface area (Å²) in [5, 5.41) is 3.23. The van der Waals surface area contributed by atoms with Crippen molar-refractivity contribution in [3.8, 4) is 0 Å². The van der Waals surface area contributed by atoms with E-state index < -0.39 is 0 Å². The van der Waals surface area contributed by atoms with E-state index in [4.69, 9.17) is 4.74 Å². The number of ether oxygens (including phenoxy) is 1. The number of carbonyl (C=O) groups is 1. The summed E-state index contributed by atoms with van der Waals surface area (Å²) in [4.78, 5) is 14.2. The largest absolute Gasteiger partial charge is 0.380 e. The molecule has 1 saturated carbocycles. The third-order valence-corrected chi connectivity index (χ3v) is 3.32. The van der Waals surface area contributed by atoms with Gasteiger partial charge in [0.15, 0.2) is 0 Å². The van der Waals surface area contributed by atoms with Crippen molar-refractivity contribution in [2.45, 2.75) is 37.5 Å². The molecular weight excluding hydrogens is 204 g/mol. The summed E-state index contributed by atoms with van der Waals surface area (Å²) in [7, 11) is 1.70. The molecule has 2 aliphatic rings. The monoisotopic (exact) mass is 224 g/mol. The van der Waals surface area contributed by atoms with Gasteiger partial charge in [0, 0.05) is 26.2 Å². The molecule has 2 rings (SSSR count). The Morgan fingerprint density at radius 3 is 2.88 bits per heavy atom. The molecule has 2 unspecified atom stereocenters. The number of methoxy groups -OCH3 is 1. The topological polar surface area (TPSA) is 41.6 Å². The van der Waals surface area contributed by atoms with Gasteiger partial charge in [0.05, 0.1) is 12.1 Å². The van der Waals surface area contributed by atoms with Crippen LogP contribution in [0.5, 0.6) is 0 Å². The van der Waals surface area contributed by atoms with Gasteiger partial charge in [0.2, 0.25) is 5.91 Å². The molecule has 0 bridgehead atoms. The van der Waals surface area contributed by atoms with Gasteiger partial charge in [-0.15, -0.1) is 6.58 Å². The number of hydrogen-bond acceptors (Lipinski definition) is 3. The smallest absolute Gasteiger partial charge is 0.240 e. The van der Waals surface area contributed by atoms with Crippen LogP contribution in [0.4, 0.5) is 0 Å². The molecule has 1 heterocycles. The third-order valence-electron chi connectivity index (χ3n) is 3.32. The Bertz CT molecular complexity index is 276. The Hall–Kier alpha value is -0.870. The van der Waals surface area contributed by atoms with Crippen LogP contribution in [-0.4, -0.2) is 49.2 Å². The van der Waals surface area contributed by atoms with Crippen LogP contribution in [-0.2, 0) is 9.53 Å². The Kier molecular flexibility index (Phi) is 3.61. The predicted octanol–water partition coefficient (Wildman–Crippen LogP) is 0.540. The van der Waals surface area contributed by atoms with Crippen molar-refractivity contribution in [2.24, 2.45) is 0 Å². The highest BCUT2D eigenvalue weighted by Gasteiger charge is 2.38. The second-order valence-corrected chi connectivity index (χ2v) is 4.56. The zero-order valence-electron chi connectivity index (χ0n) is 9.82. The Labute approximate surface area is 96.6 Å². The zero-order valence-corrected chi connectivity index (χ0v) is 9.82. The van der Waals surface area contributed by atoms with Crippen LogP contribution < -0.4 is 5.32 Å². The fourth-order valence-corrected chi connectivity index (χ4v) is 2.22. The standard InChI is InChI=1S/C12H20N2O2/c1-3-6-14(9-4-5-9)12(15)11-7-10(16-2)8-13-11/h3,9-11,13H,1,4-8H2,2H3. The molecule has 1 aliphatic carbocycles. The summed E-state index contributed by atoms with van der Waals surface area (Å²) >= 11 is 0. The van der Waals surface area contributed by atoms with Crippen LogP contribution in [0.15, 0.2) is 12.7 Å². The minimum Gasteiger partial charge on any atom is -0.380 e. The second-order valence-electron chi connectivity index (χ2n) is 4.56. The van der Waals surface area contributed by atoms with Crippen LogP contribution >= 0.6 is 0 Å². The summed E-state index contributed by atoms with van der Waals surface area (Å²) in [5.41, 5.74) is 0. The molecule has 1 aliphatic heterocycles. The molecule has 0 aromatic rings. The van der Waals surface area contributed by atoms with Crippen LogP contribution in [0.1, 0.15) is 19.3 Å². The van der Waals surface area contributed by atoms with Crippen molar-refractivity contribution >= 4 is 5.91 Å². The number of rotatable bonds is 5. The molecule has 1 amide bonds. The van der Waals surface area contributed by atoms with Crippen LogP contribution in [0, 0.1) is 0 Å². The highest BCUT2D eigenvalue weighted by molar-refractivity contribution is 5.83. The van der Waals surface area contributed by atoms with Gasteiger partial charge in [-0.25, -0.2) is 0 Å². The van der Waals surface area contributed by atoms with Gasteiger partial charge in [0.1, 0.15) is 0 Å². The molecule has 90 valence electrons. The molecule has 1 saturated heterocycles. The summed E-state index contributed by atoms with van der Waals surface area (Å²) in [6.07, 6.45) is 5.05. The van der Waals surface area contributed by atoms with Crippen molar-refractivity contribution < 1.29 is 9.53 Å². The van der Waals surface area contributed by atoms with Gasteiger partial charge in [-0.3, -0.25) is 4.79 Å². The van der Waals surface area contributed by atoms with Crippen LogP contribution in [0.2, 0.25) is 0 Å². The number of carbonyl (C=O) groups excluding carboxylic acids is 1. The maximum atomic E-state index is 12.2. The fourth-order valence-electron chi connectivity index (χ4n) is 2.22. The molecule has 2 atom stereocenters. The van der Waals surface area contributed by atoms with E-state index in [0.29, 0.717) is 12.6 Å². The summed E-state index contributed by atoms with van der Waals surface area (Å²) in [6, 6.07) is 0.388. The highest BCUT2D eigenvalue weighted by Crippen LogP contribution is 2.28. The summed E-state index contributed by atoms with van der Waals surface area (Å²) < 4.78 is 5.25. The lowest BCUT2D eigenvalue weighted by Gasteiger charge is -2.24. The van der Waals surface area contributed by atoms with E-state index in [1.54, 1.807) is 13.2 Å². The number of amides is 1. The number of nitrogens with zero attached hydrogens (tertiary/aromatic N) is 1. The molecule has 0 aromatic heterocycles. The minimum atomic E-state index is -0.0644. The average molecular weight is 224 g/mol. The Morgan fingerprint density at radius 1 is 1.62 bits per heavy atom. The van der Waals surface area contributed by atoms with Gasteiger partial charge in [0.25, 0.3) is 0 Å². The first-order chi connectivity index (χ1) is 7.76. The molecule has 4 nitrogen and oxygen atoms in total. The van der Waals surface area contributed by atoms with Gasteiger partial charge in [-0.05, 0) is 19.3 Å². The van der Waals surface area contributed by atoms with Crippen molar-refractivity contribution in [1.82, 2.24) is 10.2 Å².